The Labute approximate surface area is 636 Å². The van der Waals surface area contributed by atoms with Crippen molar-refractivity contribution in [3.63, 3.8) is 0 Å². The number of rotatable bonds is 16. The van der Waals surface area contributed by atoms with Gasteiger partial charge in [0.2, 0.25) is 0 Å². The lowest BCUT2D eigenvalue weighted by atomic mass is 9.67. The molecular formula is C106H73N3. The number of hydrogen-bond donors (Lipinski definition) is 0. The Balaban J connectivity index is 0.696. The lowest BCUT2D eigenvalue weighted by Crippen LogP contribution is -2.28. The second-order valence-corrected chi connectivity index (χ2v) is 28.7. The van der Waals surface area contributed by atoms with Crippen LogP contribution in [0.3, 0.4) is 0 Å². The van der Waals surface area contributed by atoms with Crippen molar-refractivity contribution in [3.8, 4) is 72.4 Å². The first kappa shape index (κ1) is 64.5. The topological polar surface area (TPSA) is 11.4 Å². The Morgan fingerprint density at radius 3 is 0.835 bits per heavy atom. The molecule has 2 aliphatic rings. The molecule has 0 amide bonds. The maximum Gasteiger partial charge on any atom is 0.0714 e. The van der Waals surface area contributed by atoms with E-state index in [1.54, 1.807) is 0 Å². The van der Waals surface area contributed by atoms with E-state index in [1.165, 1.54) is 99.8 Å². The van der Waals surface area contributed by atoms with Crippen molar-refractivity contribution < 1.29 is 0 Å². The van der Waals surface area contributed by atoms with Crippen molar-refractivity contribution in [2.45, 2.75) is 10.8 Å². The van der Waals surface area contributed by atoms with Gasteiger partial charge in [-0.25, -0.2) is 0 Å². The van der Waals surface area contributed by atoms with Crippen LogP contribution in [0.15, 0.2) is 431 Å². The third-order valence-electron chi connectivity index (χ3n) is 22.9. The second kappa shape index (κ2) is 26.8. The van der Waals surface area contributed by atoms with E-state index in [2.05, 4.69) is 446 Å². The standard InChI is InChI=1S/C106H73N3/c1-2-73-41-53-90(54-42-73)109-103-67-51-80(78-47-59-88(60-48-78)107(86-55-43-76(44-56-86)74-25-9-3-10-26-74)91-63-65-95-93-37-21-23-39-99(93)105(101(95)71-91,82-29-13-5-14-30-82)83-31-15-6-16-32-83)69-97(103)98-70-81(52-68-104(98)109)79-49-61-89(62-50-79)108(87-57-45-77(46-58-87)75-27-11-4-12-28-75)92-64-66-96-94-38-22-24-40-100(94)106(102(96)72-92,84-33-17-7-18-34-84)85-35-19-8-20-36-85/h2-72H,1H2. The van der Waals surface area contributed by atoms with Gasteiger partial charge in [0.1, 0.15) is 0 Å². The van der Waals surface area contributed by atoms with Crippen molar-refractivity contribution >= 4 is 62.0 Å². The van der Waals surface area contributed by atoms with Crippen molar-refractivity contribution in [2.24, 2.45) is 0 Å². The summed E-state index contributed by atoms with van der Waals surface area (Å²) < 4.78 is 2.41. The minimum Gasteiger partial charge on any atom is -0.310 e. The minimum atomic E-state index is -0.557. The van der Waals surface area contributed by atoms with E-state index in [-0.39, 0.29) is 0 Å². The Morgan fingerprint density at radius 1 is 0.220 bits per heavy atom. The predicted octanol–water partition coefficient (Wildman–Crippen LogP) is 27.8. The molecule has 109 heavy (non-hydrogen) atoms. The molecule has 0 saturated heterocycles. The summed E-state index contributed by atoms with van der Waals surface area (Å²) in [6.07, 6.45) is 1.91. The van der Waals surface area contributed by atoms with E-state index in [4.69, 9.17) is 0 Å². The fourth-order valence-corrected chi connectivity index (χ4v) is 17.9. The fourth-order valence-electron chi connectivity index (χ4n) is 17.9. The van der Waals surface area contributed by atoms with Crippen LogP contribution in [0.1, 0.15) is 50.1 Å². The van der Waals surface area contributed by atoms with Crippen LogP contribution in [0.2, 0.25) is 0 Å². The van der Waals surface area contributed by atoms with Gasteiger partial charge in [0, 0.05) is 50.6 Å². The molecule has 512 valence electrons. The monoisotopic (exact) mass is 1390 g/mol. The zero-order valence-electron chi connectivity index (χ0n) is 60.0. The molecule has 1 heterocycles. The predicted molar refractivity (Wildman–Crippen MR) is 457 cm³/mol. The van der Waals surface area contributed by atoms with Crippen LogP contribution in [-0.4, -0.2) is 4.57 Å². The fraction of sp³-hybridized carbons (Fsp3) is 0.0189. The highest BCUT2D eigenvalue weighted by molar-refractivity contribution is 6.12. The summed E-state index contributed by atoms with van der Waals surface area (Å²) >= 11 is 0. The molecule has 0 saturated carbocycles. The molecule has 0 atom stereocenters. The maximum absolute atomic E-state index is 4.10. The Morgan fingerprint density at radius 2 is 0.495 bits per heavy atom. The first-order valence-corrected chi connectivity index (χ1v) is 37.6. The van der Waals surface area contributed by atoms with Gasteiger partial charge in [-0.1, -0.05) is 328 Å². The SMILES string of the molecule is C=Cc1ccc(-n2c3ccc(-c4ccc(N(c5ccc(-c6ccccc6)cc5)c5ccc6c(c5)C(c5ccccc5)(c5ccccc5)c5ccccc5-6)cc4)cc3c3cc(-c4ccc(N(c5ccc(-c6ccccc6)cc5)c5ccc6c(c5)C(c5ccccc5)(c5ccccc5)c5ccccc5-6)cc4)ccc32)cc1. The van der Waals surface area contributed by atoms with Gasteiger partial charge < -0.3 is 14.4 Å². The van der Waals surface area contributed by atoms with E-state index in [0.29, 0.717) is 0 Å². The first-order chi connectivity index (χ1) is 54.0. The molecule has 0 unspecified atom stereocenters. The zero-order valence-corrected chi connectivity index (χ0v) is 60.0. The van der Waals surface area contributed by atoms with Crippen molar-refractivity contribution in [2.75, 3.05) is 9.80 Å². The summed E-state index contributed by atoms with van der Waals surface area (Å²) in [5, 5.41) is 2.35. The second-order valence-electron chi connectivity index (χ2n) is 28.7. The molecule has 17 aromatic carbocycles. The van der Waals surface area contributed by atoms with Crippen LogP contribution in [0, 0.1) is 0 Å². The Kier molecular flexibility index (Phi) is 15.8. The molecule has 1 aromatic heterocycles. The van der Waals surface area contributed by atoms with Crippen LogP contribution in [-0.2, 0) is 10.8 Å². The molecule has 3 nitrogen and oxygen atoms in total. The summed E-state index contributed by atoms with van der Waals surface area (Å²) in [5.41, 5.74) is 34.0. The lowest BCUT2D eigenvalue weighted by Gasteiger charge is -2.35. The maximum atomic E-state index is 4.10. The highest BCUT2D eigenvalue weighted by atomic mass is 15.1. The first-order valence-electron chi connectivity index (χ1n) is 37.6. The Bertz CT molecular complexity index is 5960. The Hall–Kier alpha value is -14.1. The van der Waals surface area contributed by atoms with Crippen molar-refractivity contribution in [1.29, 1.82) is 0 Å². The van der Waals surface area contributed by atoms with Gasteiger partial charge in [-0.3, -0.25) is 0 Å². The molecule has 18 aromatic rings. The average Bonchev–Trinajstić information content (AvgIpc) is 1.55. The van der Waals surface area contributed by atoms with Crippen LogP contribution in [0.5, 0.6) is 0 Å². The quantitative estimate of drug-likeness (QED) is 0.0955. The highest BCUT2D eigenvalue weighted by Crippen LogP contribution is 2.60. The summed E-state index contributed by atoms with van der Waals surface area (Å²) in [6, 6.07) is 157. The van der Waals surface area contributed by atoms with Gasteiger partial charge in [0.15, 0.2) is 0 Å². The third-order valence-corrected chi connectivity index (χ3v) is 22.9. The number of benzene rings is 17. The molecule has 2 aliphatic carbocycles. The van der Waals surface area contributed by atoms with Gasteiger partial charge in [0.05, 0.1) is 21.9 Å². The smallest absolute Gasteiger partial charge is 0.0714 e. The summed E-state index contributed by atoms with van der Waals surface area (Å²) in [4.78, 5) is 4.86. The summed E-state index contributed by atoms with van der Waals surface area (Å²) in [5.74, 6) is 0. The van der Waals surface area contributed by atoms with Crippen molar-refractivity contribution in [3.05, 3.63) is 481 Å². The van der Waals surface area contributed by atoms with Crippen LogP contribution in [0.25, 0.3) is 100 Å². The van der Waals surface area contributed by atoms with Gasteiger partial charge >= 0.3 is 0 Å². The number of hydrogen-bond acceptors (Lipinski definition) is 2. The molecule has 0 spiro atoms. The third kappa shape index (κ3) is 10.7. The molecule has 0 aliphatic heterocycles. The summed E-state index contributed by atoms with van der Waals surface area (Å²) in [7, 11) is 0. The number of anilines is 6. The van der Waals surface area contributed by atoms with Crippen LogP contribution >= 0.6 is 0 Å². The van der Waals surface area contributed by atoms with Crippen molar-refractivity contribution in [1.82, 2.24) is 4.57 Å². The number of fused-ring (bicyclic) bond motifs is 9. The number of aromatic nitrogens is 1. The van der Waals surface area contributed by atoms with E-state index in [0.717, 1.165) is 78.7 Å². The molecule has 0 radical (unpaired) electrons. The van der Waals surface area contributed by atoms with E-state index in [1.807, 2.05) is 6.08 Å². The highest BCUT2D eigenvalue weighted by Gasteiger charge is 2.48. The minimum absolute atomic E-state index is 0.557. The normalized spacial score (nSPS) is 12.8. The van der Waals surface area contributed by atoms with E-state index < -0.39 is 10.8 Å². The van der Waals surface area contributed by atoms with E-state index in [9.17, 15) is 0 Å². The van der Waals surface area contributed by atoms with Gasteiger partial charge in [0.25, 0.3) is 0 Å². The lowest BCUT2D eigenvalue weighted by molar-refractivity contribution is 0.768. The van der Waals surface area contributed by atoms with Gasteiger partial charge in [-0.15, -0.1) is 0 Å². The van der Waals surface area contributed by atoms with Crippen LogP contribution in [0.4, 0.5) is 34.1 Å². The largest absolute Gasteiger partial charge is 0.310 e. The average molecular weight is 1390 g/mol. The van der Waals surface area contributed by atoms with E-state index >= 15 is 0 Å². The molecule has 0 N–H and O–H groups in total. The number of nitrogens with zero attached hydrogens (tertiary/aromatic N) is 3. The molecule has 20 rings (SSSR count). The molecular weight excluding hydrogens is 1320 g/mol. The van der Waals surface area contributed by atoms with Gasteiger partial charge in [-0.2, -0.15) is 0 Å². The van der Waals surface area contributed by atoms with Gasteiger partial charge in [-0.05, 0) is 226 Å². The summed E-state index contributed by atoms with van der Waals surface area (Å²) in [6.45, 7) is 4.10. The molecule has 0 bridgehead atoms. The molecule has 3 heteroatoms. The zero-order chi connectivity index (χ0) is 72.4. The van der Waals surface area contributed by atoms with Crippen LogP contribution < -0.4 is 9.80 Å². The molecule has 0 fully saturated rings.